The minimum Gasteiger partial charge on any atom is -0.351 e. The van der Waals surface area contributed by atoms with Crippen LogP contribution < -0.4 is 10.9 Å². The van der Waals surface area contributed by atoms with Crippen LogP contribution in [-0.2, 0) is 17.9 Å². The highest BCUT2D eigenvalue weighted by Gasteiger charge is 2.28. The number of halogens is 1. The van der Waals surface area contributed by atoms with Crippen LogP contribution in [0.15, 0.2) is 59.5 Å². The van der Waals surface area contributed by atoms with Gasteiger partial charge in [0.2, 0.25) is 5.91 Å². The van der Waals surface area contributed by atoms with Crippen molar-refractivity contribution in [2.45, 2.75) is 52.2 Å². The first-order valence-corrected chi connectivity index (χ1v) is 11.9. The van der Waals surface area contributed by atoms with E-state index in [9.17, 15) is 14.0 Å². The van der Waals surface area contributed by atoms with Crippen molar-refractivity contribution in [2.75, 3.05) is 0 Å². The van der Waals surface area contributed by atoms with Crippen molar-refractivity contribution in [3.8, 4) is 0 Å². The van der Waals surface area contributed by atoms with E-state index in [2.05, 4.69) is 24.3 Å². The number of carbonyl (C=O) groups is 1. The number of nitrogens with one attached hydrogen (secondary N) is 1. The standard InChI is InChI=1S/C27H29FN4O2/c1-17-6-5-8-23(18(17)2)30-25(33)16-32-27(34)26-22(14-29-32)21-7-3-4-9-24(21)31(26)15-19-10-12-20(28)13-11-19/h3-4,7,9-14,17-18,23H,5-6,8,15-16H2,1-2H3,(H,30,33)/t17-,18-,23+/m1/s1. The Balaban J connectivity index is 1.50. The lowest BCUT2D eigenvalue weighted by Crippen LogP contribution is -2.45. The van der Waals surface area contributed by atoms with Crippen LogP contribution in [0.5, 0.6) is 0 Å². The molecule has 2 heterocycles. The quantitative estimate of drug-likeness (QED) is 0.478. The molecule has 3 atom stereocenters. The molecule has 2 aromatic carbocycles. The lowest BCUT2D eigenvalue weighted by atomic mass is 9.78. The van der Waals surface area contributed by atoms with Gasteiger partial charge in [0.05, 0.1) is 6.20 Å². The molecule has 1 fully saturated rings. The van der Waals surface area contributed by atoms with Gasteiger partial charge in [-0.15, -0.1) is 0 Å². The fourth-order valence-corrected chi connectivity index (χ4v) is 5.22. The molecule has 1 N–H and O–H groups in total. The third kappa shape index (κ3) is 4.11. The molecule has 1 saturated carbocycles. The summed E-state index contributed by atoms with van der Waals surface area (Å²) in [6.07, 6.45) is 4.91. The monoisotopic (exact) mass is 460 g/mol. The summed E-state index contributed by atoms with van der Waals surface area (Å²) in [6.45, 7) is 4.69. The van der Waals surface area contributed by atoms with Gasteiger partial charge in [0.15, 0.2) is 0 Å². The minimum absolute atomic E-state index is 0.121. The number of aromatic nitrogens is 3. The predicted octanol–water partition coefficient (Wildman–Crippen LogP) is 4.48. The lowest BCUT2D eigenvalue weighted by Gasteiger charge is -2.34. The molecule has 0 bridgehead atoms. The van der Waals surface area contributed by atoms with E-state index >= 15 is 0 Å². The predicted molar refractivity (Wildman–Crippen MR) is 131 cm³/mol. The summed E-state index contributed by atoms with van der Waals surface area (Å²) < 4.78 is 16.6. The van der Waals surface area contributed by atoms with Gasteiger partial charge in [-0.05, 0) is 42.0 Å². The molecule has 6 nitrogen and oxygen atoms in total. The first kappa shape index (κ1) is 22.3. The molecule has 176 valence electrons. The smallest absolute Gasteiger partial charge is 0.291 e. The molecular weight excluding hydrogens is 431 g/mol. The van der Waals surface area contributed by atoms with E-state index in [0.29, 0.717) is 23.9 Å². The van der Waals surface area contributed by atoms with Gasteiger partial charge in [0.1, 0.15) is 17.9 Å². The first-order valence-electron chi connectivity index (χ1n) is 11.9. The van der Waals surface area contributed by atoms with Crippen LogP contribution in [0.3, 0.4) is 0 Å². The second-order valence-electron chi connectivity index (χ2n) is 9.54. The normalized spacial score (nSPS) is 20.6. The maximum atomic E-state index is 13.5. The van der Waals surface area contributed by atoms with E-state index in [1.807, 2.05) is 28.8 Å². The Morgan fingerprint density at radius 3 is 2.65 bits per heavy atom. The van der Waals surface area contributed by atoms with Crippen molar-refractivity contribution in [3.05, 3.63) is 76.5 Å². The Hall–Kier alpha value is -3.48. The van der Waals surface area contributed by atoms with Crippen LogP contribution in [-0.4, -0.2) is 26.3 Å². The molecule has 1 amide bonds. The fraction of sp³-hybridized carbons (Fsp3) is 0.370. The molecule has 5 rings (SSSR count). The first-order chi connectivity index (χ1) is 16.4. The Labute approximate surface area is 197 Å². The summed E-state index contributed by atoms with van der Waals surface area (Å²) in [5.41, 5.74) is 1.96. The number of hydrogen-bond acceptors (Lipinski definition) is 3. The lowest BCUT2D eigenvalue weighted by molar-refractivity contribution is -0.123. The number of amides is 1. The van der Waals surface area contributed by atoms with Crippen LogP contribution in [0, 0.1) is 17.7 Å². The summed E-state index contributed by atoms with van der Waals surface area (Å²) >= 11 is 0. The highest BCUT2D eigenvalue weighted by molar-refractivity contribution is 6.07. The van der Waals surface area contributed by atoms with E-state index < -0.39 is 0 Å². The number of fused-ring (bicyclic) bond motifs is 3. The zero-order chi connectivity index (χ0) is 23.8. The zero-order valence-corrected chi connectivity index (χ0v) is 19.5. The van der Waals surface area contributed by atoms with Gasteiger partial charge in [-0.3, -0.25) is 9.59 Å². The van der Waals surface area contributed by atoms with E-state index in [1.54, 1.807) is 18.3 Å². The maximum Gasteiger partial charge on any atom is 0.291 e. The van der Waals surface area contributed by atoms with Crippen LogP contribution in [0.1, 0.15) is 38.7 Å². The van der Waals surface area contributed by atoms with Gasteiger partial charge >= 0.3 is 0 Å². The molecule has 0 saturated heterocycles. The fourth-order valence-electron chi connectivity index (χ4n) is 5.22. The maximum absolute atomic E-state index is 13.5. The average molecular weight is 461 g/mol. The molecule has 1 aliphatic rings. The molecule has 7 heteroatoms. The third-order valence-electron chi connectivity index (χ3n) is 7.37. The second kappa shape index (κ2) is 9.05. The molecule has 0 aliphatic heterocycles. The number of benzene rings is 2. The molecule has 0 unspecified atom stereocenters. The van der Waals surface area contributed by atoms with Gasteiger partial charge in [-0.1, -0.05) is 57.0 Å². The van der Waals surface area contributed by atoms with Gasteiger partial charge in [0, 0.05) is 28.9 Å². The van der Waals surface area contributed by atoms with Gasteiger partial charge < -0.3 is 9.88 Å². The molecular formula is C27H29FN4O2. The SMILES string of the molecule is C[C@@H]1[C@H](C)CCC[C@@H]1NC(=O)Cn1ncc2c3ccccc3n(Cc3ccc(F)cc3)c2c1=O. The third-order valence-corrected chi connectivity index (χ3v) is 7.37. The van der Waals surface area contributed by atoms with Crippen LogP contribution in [0.2, 0.25) is 0 Å². The van der Waals surface area contributed by atoms with Crippen molar-refractivity contribution in [1.82, 2.24) is 19.7 Å². The largest absolute Gasteiger partial charge is 0.351 e. The van der Waals surface area contributed by atoms with Gasteiger partial charge in [0.25, 0.3) is 5.56 Å². The molecule has 34 heavy (non-hydrogen) atoms. The topological polar surface area (TPSA) is 68.9 Å². The highest BCUT2D eigenvalue weighted by Crippen LogP contribution is 2.30. The van der Waals surface area contributed by atoms with Crippen LogP contribution in [0.25, 0.3) is 21.8 Å². The molecule has 1 aliphatic carbocycles. The van der Waals surface area contributed by atoms with Crippen molar-refractivity contribution in [2.24, 2.45) is 11.8 Å². The summed E-state index contributed by atoms with van der Waals surface area (Å²) in [5, 5.41) is 9.13. The Bertz CT molecular complexity index is 1410. The summed E-state index contributed by atoms with van der Waals surface area (Å²) in [7, 11) is 0. The Morgan fingerprint density at radius 1 is 1.09 bits per heavy atom. The molecule has 2 aromatic heterocycles. The van der Waals surface area contributed by atoms with Gasteiger partial charge in [-0.2, -0.15) is 5.10 Å². The number of rotatable bonds is 5. The van der Waals surface area contributed by atoms with Crippen molar-refractivity contribution < 1.29 is 9.18 Å². The number of para-hydroxylation sites is 1. The highest BCUT2D eigenvalue weighted by atomic mass is 19.1. The minimum atomic E-state index is -0.309. The van der Waals surface area contributed by atoms with E-state index in [-0.39, 0.29) is 29.9 Å². The van der Waals surface area contributed by atoms with E-state index in [1.165, 1.54) is 23.2 Å². The Kier molecular flexibility index (Phi) is 5.94. The summed E-state index contributed by atoms with van der Waals surface area (Å²) in [5.74, 6) is 0.479. The van der Waals surface area contributed by atoms with E-state index in [4.69, 9.17) is 0 Å². The number of carbonyl (C=O) groups excluding carboxylic acids is 1. The number of hydrogen-bond donors (Lipinski definition) is 1. The molecule has 0 radical (unpaired) electrons. The molecule has 0 spiro atoms. The zero-order valence-electron chi connectivity index (χ0n) is 19.5. The summed E-state index contributed by atoms with van der Waals surface area (Å²) in [6, 6.07) is 14.2. The average Bonchev–Trinajstić information content (AvgIpc) is 3.14. The Morgan fingerprint density at radius 2 is 1.85 bits per heavy atom. The van der Waals surface area contributed by atoms with Gasteiger partial charge in [-0.25, -0.2) is 9.07 Å². The summed E-state index contributed by atoms with van der Waals surface area (Å²) in [4.78, 5) is 26.4. The van der Waals surface area contributed by atoms with E-state index in [0.717, 1.165) is 34.7 Å². The van der Waals surface area contributed by atoms with Crippen molar-refractivity contribution in [3.63, 3.8) is 0 Å². The van der Waals surface area contributed by atoms with Crippen LogP contribution >= 0.6 is 0 Å². The van der Waals surface area contributed by atoms with Crippen molar-refractivity contribution >= 4 is 27.7 Å². The second-order valence-corrected chi connectivity index (χ2v) is 9.54. The number of nitrogens with zero attached hydrogens (tertiary/aromatic N) is 3. The molecule has 4 aromatic rings. The van der Waals surface area contributed by atoms with Crippen LogP contribution in [0.4, 0.5) is 4.39 Å². The van der Waals surface area contributed by atoms with Crippen molar-refractivity contribution in [1.29, 1.82) is 0 Å².